The number of rotatable bonds is 10. The minimum atomic E-state index is 0.153. The number of unbranched alkanes of at least 4 members (excludes halogenated alkanes) is 3. The van der Waals surface area contributed by atoms with E-state index in [4.69, 9.17) is 0 Å². The van der Waals surface area contributed by atoms with Crippen molar-refractivity contribution in [2.24, 2.45) is 11.8 Å². The van der Waals surface area contributed by atoms with Gasteiger partial charge in [0.1, 0.15) is 5.78 Å². The average molecular weight is 255 g/mol. The first-order valence-electron chi connectivity index (χ1n) is 7.23. The molecule has 0 atom stereocenters. The predicted octanol–water partition coefficient (Wildman–Crippen LogP) is 3.32. The van der Waals surface area contributed by atoms with Crippen LogP contribution >= 0.6 is 0 Å². The molecule has 0 aliphatic heterocycles. The zero-order chi connectivity index (χ0) is 14.0. The monoisotopic (exact) mass is 255 g/mol. The van der Waals surface area contributed by atoms with Crippen LogP contribution in [0.4, 0.5) is 0 Å². The summed E-state index contributed by atoms with van der Waals surface area (Å²) >= 11 is 0. The van der Waals surface area contributed by atoms with Crippen molar-refractivity contribution in [2.75, 3.05) is 6.54 Å². The number of Topliss-reactive ketones (excluding diaryl/α,β-unsaturated/α-hetero) is 1. The van der Waals surface area contributed by atoms with Crippen molar-refractivity contribution in [3.05, 3.63) is 0 Å². The Balaban J connectivity index is 3.31. The molecule has 3 heteroatoms. The lowest BCUT2D eigenvalue weighted by Crippen LogP contribution is -2.25. The van der Waals surface area contributed by atoms with Gasteiger partial charge in [-0.1, -0.05) is 40.5 Å². The Kier molecular flexibility index (Phi) is 9.62. The average Bonchev–Trinajstić information content (AvgIpc) is 2.26. The molecule has 1 N–H and O–H groups in total. The molecule has 0 radical (unpaired) electrons. The molecule has 0 fully saturated rings. The van der Waals surface area contributed by atoms with E-state index >= 15 is 0 Å². The van der Waals surface area contributed by atoms with Gasteiger partial charge in [0.15, 0.2) is 0 Å². The molecule has 0 aromatic rings. The van der Waals surface area contributed by atoms with Crippen LogP contribution in [0.15, 0.2) is 0 Å². The summed E-state index contributed by atoms with van der Waals surface area (Å²) in [5, 5.41) is 2.93. The van der Waals surface area contributed by atoms with Crippen LogP contribution in [0.1, 0.15) is 66.2 Å². The summed E-state index contributed by atoms with van der Waals surface area (Å²) in [6, 6.07) is 0. The normalized spacial score (nSPS) is 11.0. The predicted molar refractivity (Wildman–Crippen MR) is 75.4 cm³/mol. The quantitative estimate of drug-likeness (QED) is 0.609. The summed E-state index contributed by atoms with van der Waals surface area (Å²) in [5.41, 5.74) is 0. The van der Waals surface area contributed by atoms with Crippen LogP contribution in [0.3, 0.4) is 0 Å². The molecule has 0 unspecified atom stereocenters. The Hall–Kier alpha value is -0.860. The number of ketones is 1. The molecule has 0 aromatic heterocycles. The maximum atomic E-state index is 11.4. The molecule has 106 valence electrons. The molecule has 0 saturated carbocycles. The van der Waals surface area contributed by atoms with Gasteiger partial charge < -0.3 is 5.32 Å². The second kappa shape index (κ2) is 10.1. The lowest BCUT2D eigenvalue weighted by molar-refractivity contribution is -0.122. The molecule has 3 nitrogen and oxygen atoms in total. The molecule has 0 heterocycles. The molecular formula is C15H29NO2. The Morgan fingerprint density at radius 1 is 0.944 bits per heavy atom. The lowest BCUT2D eigenvalue weighted by Gasteiger charge is -2.07. The Morgan fingerprint density at radius 3 is 2.11 bits per heavy atom. The van der Waals surface area contributed by atoms with Crippen molar-refractivity contribution in [1.29, 1.82) is 0 Å². The van der Waals surface area contributed by atoms with Crippen molar-refractivity contribution in [3.8, 4) is 0 Å². The van der Waals surface area contributed by atoms with Crippen molar-refractivity contribution >= 4 is 11.7 Å². The van der Waals surface area contributed by atoms with Gasteiger partial charge >= 0.3 is 0 Å². The second-order valence-corrected chi connectivity index (χ2v) is 5.73. The van der Waals surface area contributed by atoms with Gasteiger partial charge in [-0.2, -0.15) is 0 Å². The van der Waals surface area contributed by atoms with Crippen molar-refractivity contribution in [3.63, 3.8) is 0 Å². The molecule has 0 aliphatic carbocycles. The summed E-state index contributed by atoms with van der Waals surface area (Å²) in [7, 11) is 0. The van der Waals surface area contributed by atoms with Gasteiger partial charge in [0, 0.05) is 25.3 Å². The second-order valence-electron chi connectivity index (χ2n) is 5.73. The topological polar surface area (TPSA) is 46.2 Å². The van der Waals surface area contributed by atoms with Gasteiger partial charge in [0.25, 0.3) is 0 Å². The summed E-state index contributed by atoms with van der Waals surface area (Å²) in [6.07, 6.45) is 5.49. The third-order valence-corrected chi connectivity index (χ3v) is 2.91. The maximum Gasteiger partial charge on any atom is 0.220 e. The van der Waals surface area contributed by atoms with E-state index in [1.165, 1.54) is 0 Å². The van der Waals surface area contributed by atoms with Crippen molar-refractivity contribution in [1.82, 2.24) is 5.32 Å². The van der Waals surface area contributed by atoms with E-state index in [1.807, 2.05) is 27.7 Å². The maximum absolute atomic E-state index is 11.4. The zero-order valence-corrected chi connectivity index (χ0v) is 12.4. The molecule has 0 aromatic carbocycles. The van der Waals surface area contributed by atoms with Gasteiger partial charge in [0.2, 0.25) is 5.91 Å². The van der Waals surface area contributed by atoms with E-state index in [0.717, 1.165) is 32.2 Å². The molecule has 0 aliphatic rings. The largest absolute Gasteiger partial charge is 0.356 e. The van der Waals surface area contributed by atoms with Crippen molar-refractivity contribution < 1.29 is 9.59 Å². The number of hydrogen-bond acceptors (Lipinski definition) is 2. The molecule has 0 bridgehead atoms. The van der Waals surface area contributed by atoms with Gasteiger partial charge in [-0.3, -0.25) is 9.59 Å². The van der Waals surface area contributed by atoms with Crippen LogP contribution in [0.5, 0.6) is 0 Å². The Bertz CT molecular complexity index is 247. The summed E-state index contributed by atoms with van der Waals surface area (Å²) < 4.78 is 0. The van der Waals surface area contributed by atoms with E-state index in [9.17, 15) is 9.59 Å². The summed E-state index contributed by atoms with van der Waals surface area (Å²) in [4.78, 5) is 22.7. The van der Waals surface area contributed by atoms with E-state index in [-0.39, 0.29) is 11.8 Å². The van der Waals surface area contributed by atoms with E-state index in [0.29, 0.717) is 24.5 Å². The van der Waals surface area contributed by atoms with E-state index < -0.39 is 0 Å². The van der Waals surface area contributed by atoms with Crippen LogP contribution in [0.2, 0.25) is 0 Å². The minimum absolute atomic E-state index is 0.153. The van der Waals surface area contributed by atoms with Crippen LogP contribution in [-0.4, -0.2) is 18.2 Å². The van der Waals surface area contributed by atoms with Crippen LogP contribution < -0.4 is 5.32 Å². The zero-order valence-electron chi connectivity index (χ0n) is 12.4. The van der Waals surface area contributed by atoms with Crippen molar-refractivity contribution in [2.45, 2.75) is 66.2 Å². The number of carbonyl (C=O) groups excluding carboxylic acids is 2. The van der Waals surface area contributed by atoms with Crippen LogP contribution in [0, 0.1) is 11.8 Å². The molecule has 0 saturated heterocycles. The highest BCUT2D eigenvalue weighted by Gasteiger charge is 2.06. The summed E-state index contributed by atoms with van der Waals surface area (Å²) in [6.45, 7) is 8.76. The molecular weight excluding hydrogens is 226 g/mol. The first-order chi connectivity index (χ1) is 8.43. The highest BCUT2D eigenvalue weighted by Crippen LogP contribution is 2.07. The number of nitrogens with one attached hydrogen (secondary N) is 1. The fraction of sp³-hybridized carbons (Fsp3) is 0.867. The van der Waals surface area contributed by atoms with Crippen LogP contribution in [-0.2, 0) is 9.59 Å². The lowest BCUT2D eigenvalue weighted by atomic mass is 10.0. The van der Waals surface area contributed by atoms with Gasteiger partial charge in [-0.15, -0.1) is 0 Å². The molecule has 1 amide bonds. The summed E-state index contributed by atoms with van der Waals surface area (Å²) in [5.74, 6) is 1.10. The fourth-order valence-electron chi connectivity index (χ4n) is 1.74. The van der Waals surface area contributed by atoms with Crippen LogP contribution in [0.25, 0.3) is 0 Å². The third-order valence-electron chi connectivity index (χ3n) is 2.91. The smallest absolute Gasteiger partial charge is 0.220 e. The first kappa shape index (κ1) is 17.1. The highest BCUT2D eigenvalue weighted by atomic mass is 16.1. The number of carbonyl (C=O) groups is 2. The number of amides is 1. The van der Waals surface area contributed by atoms with E-state index in [1.54, 1.807) is 0 Å². The Labute approximate surface area is 112 Å². The molecule has 18 heavy (non-hydrogen) atoms. The van der Waals surface area contributed by atoms with Gasteiger partial charge in [-0.05, 0) is 18.8 Å². The molecule has 0 rings (SSSR count). The fourth-order valence-corrected chi connectivity index (χ4v) is 1.74. The van der Waals surface area contributed by atoms with E-state index in [2.05, 4.69) is 5.32 Å². The Morgan fingerprint density at radius 2 is 1.56 bits per heavy atom. The standard InChI is InChI=1S/C15H29NO2/c1-12(2)11-15(18)16-10-8-6-5-7-9-14(17)13(3)4/h12-13H,5-11H2,1-4H3,(H,16,18). The van der Waals surface area contributed by atoms with Gasteiger partial charge in [0.05, 0.1) is 0 Å². The number of hydrogen-bond donors (Lipinski definition) is 1. The minimum Gasteiger partial charge on any atom is -0.356 e. The first-order valence-corrected chi connectivity index (χ1v) is 7.23. The van der Waals surface area contributed by atoms with Gasteiger partial charge in [-0.25, -0.2) is 0 Å². The molecule has 0 spiro atoms. The highest BCUT2D eigenvalue weighted by molar-refractivity contribution is 5.80. The third kappa shape index (κ3) is 10.3. The SMILES string of the molecule is CC(C)CC(=O)NCCCCCCC(=O)C(C)C.